The van der Waals surface area contributed by atoms with E-state index in [0.29, 0.717) is 6.54 Å². The van der Waals surface area contributed by atoms with Crippen LogP contribution in [-0.2, 0) is 6.42 Å². The molecule has 2 rings (SSSR count). The first kappa shape index (κ1) is 13.7. The maximum Gasteiger partial charge on any atom is 0.0314 e. The van der Waals surface area contributed by atoms with Crippen LogP contribution in [0.1, 0.15) is 11.1 Å². The van der Waals surface area contributed by atoms with Crippen LogP contribution in [0.3, 0.4) is 0 Å². The number of aryl methyl sites for hydroxylation is 1. The molecule has 0 aliphatic rings. The molecule has 94 valence electrons. The summed E-state index contributed by atoms with van der Waals surface area (Å²) < 4.78 is 1.14. The zero-order valence-corrected chi connectivity index (χ0v) is 12.7. The van der Waals surface area contributed by atoms with Gasteiger partial charge in [-0.05, 0) is 65.1 Å². The van der Waals surface area contributed by atoms with Crippen molar-refractivity contribution in [2.45, 2.75) is 23.1 Å². The molecule has 0 bridgehead atoms. The van der Waals surface area contributed by atoms with Crippen LogP contribution in [0.15, 0.2) is 56.7 Å². The minimum atomic E-state index is 0.705. The van der Waals surface area contributed by atoms with Gasteiger partial charge in [0, 0.05) is 14.3 Å². The van der Waals surface area contributed by atoms with Gasteiger partial charge < -0.3 is 5.73 Å². The average Bonchev–Trinajstić information content (AvgIpc) is 2.35. The van der Waals surface area contributed by atoms with Gasteiger partial charge in [0.05, 0.1) is 0 Å². The summed E-state index contributed by atoms with van der Waals surface area (Å²) in [5.74, 6) is 0. The highest BCUT2D eigenvalue weighted by Crippen LogP contribution is 2.35. The molecular formula is C15H16BrNS. The van der Waals surface area contributed by atoms with E-state index in [1.165, 1.54) is 20.9 Å². The molecule has 0 saturated heterocycles. The van der Waals surface area contributed by atoms with E-state index in [1.54, 1.807) is 11.8 Å². The maximum absolute atomic E-state index is 5.58. The minimum Gasteiger partial charge on any atom is -0.330 e. The van der Waals surface area contributed by atoms with Crippen molar-refractivity contribution in [3.8, 4) is 0 Å². The number of hydrogen-bond donors (Lipinski definition) is 1. The number of halogens is 1. The van der Waals surface area contributed by atoms with Crippen molar-refractivity contribution in [3.05, 3.63) is 58.1 Å². The summed E-state index contributed by atoms with van der Waals surface area (Å²) in [6.07, 6.45) is 0.945. The molecular weight excluding hydrogens is 306 g/mol. The molecule has 0 amide bonds. The fourth-order valence-corrected chi connectivity index (χ4v) is 3.23. The quantitative estimate of drug-likeness (QED) is 0.902. The smallest absolute Gasteiger partial charge is 0.0314 e. The Balaban J connectivity index is 2.22. The minimum absolute atomic E-state index is 0.705. The van der Waals surface area contributed by atoms with Crippen LogP contribution in [0.5, 0.6) is 0 Å². The molecule has 0 heterocycles. The summed E-state index contributed by atoms with van der Waals surface area (Å²) >= 11 is 5.37. The monoisotopic (exact) mass is 321 g/mol. The fraction of sp³-hybridized carbons (Fsp3) is 0.200. The third-order valence-corrected chi connectivity index (χ3v) is 4.94. The van der Waals surface area contributed by atoms with E-state index in [-0.39, 0.29) is 0 Å². The number of nitrogens with two attached hydrogens (primary N) is 1. The summed E-state index contributed by atoms with van der Waals surface area (Å²) in [6, 6.07) is 14.9. The Bertz CT molecular complexity index is 540. The summed E-state index contributed by atoms with van der Waals surface area (Å²) in [5, 5.41) is 0. The van der Waals surface area contributed by atoms with Gasteiger partial charge in [0.2, 0.25) is 0 Å². The zero-order chi connectivity index (χ0) is 13.0. The second kappa shape index (κ2) is 6.41. The molecule has 0 aliphatic carbocycles. The maximum atomic E-state index is 5.58. The Labute approximate surface area is 121 Å². The highest BCUT2D eigenvalue weighted by molar-refractivity contribution is 9.10. The highest BCUT2D eigenvalue weighted by atomic mass is 79.9. The van der Waals surface area contributed by atoms with Gasteiger partial charge in [0.25, 0.3) is 0 Å². The van der Waals surface area contributed by atoms with Crippen molar-refractivity contribution < 1.29 is 0 Å². The molecule has 3 heteroatoms. The third kappa shape index (κ3) is 3.37. The van der Waals surface area contributed by atoms with Gasteiger partial charge in [-0.1, -0.05) is 36.0 Å². The van der Waals surface area contributed by atoms with Gasteiger partial charge in [0.1, 0.15) is 0 Å². The standard InChI is InChI=1S/C15H16BrNS/c1-11-10-12(8-9-17)6-7-14(11)18-15-5-3-2-4-13(15)16/h2-7,10H,8-9,17H2,1H3. The first-order valence-corrected chi connectivity index (χ1v) is 7.53. The third-order valence-electron chi connectivity index (χ3n) is 2.73. The first-order chi connectivity index (χ1) is 8.70. The predicted octanol–water partition coefficient (Wildman–Crippen LogP) is 4.41. The second-order valence-corrected chi connectivity index (χ2v) is 6.11. The Morgan fingerprint density at radius 3 is 2.56 bits per heavy atom. The van der Waals surface area contributed by atoms with Crippen LogP contribution in [0, 0.1) is 6.92 Å². The molecule has 0 aliphatic heterocycles. The van der Waals surface area contributed by atoms with Gasteiger partial charge in [-0.25, -0.2) is 0 Å². The Morgan fingerprint density at radius 2 is 1.89 bits per heavy atom. The fourth-order valence-electron chi connectivity index (χ4n) is 1.79. The lowest BCUT2D eigenvalue weighted by Crippen LogP contribution is -2.02. The van der Waals surface area contributed by atoms with Crippen molar-refractivity contribution in [3.63, 3.8) is 0 Å². The first-order valence-electron chi connectivity index (χ1n) is 5.92. The lowest BCUT2D eigenvalue weighted by atomic mass is 10.1. The summed E-state index contributed by atoms with van der Waals surface area (Å²) in [7, 11) is 0. The summed E-state index contributed by atoms with van der Waals surface area (Å²) in [5.41, 5.74) is 8.20. The van der Waals surface area contributed by atoms with E-state index in [9.17, 15) is 0 Å². The molecule has 0 spiro atoms. The Kier molecular flexibility index (Phi) is 4.87. The summed E-state index contributed by atoms with van der Waals surface area (Å²) in [6.45, 7) is 2.86. The Hall–Kier alpha value is -0.770. The van der Waals surface area contributed by atoms with E-state index >= 15 is 0 Å². The average molecular weight is 322 g/mol. The predicted molar refractivity (Wildman–Crippen MR) is 82.2 cm³/mol. The number of hydrogen-bond acceptors (Lipinski definition) is 2. The molecule has 18 heavy (non-hydrogen) atoms. The van der Waals surface area contributed by atoms with Gasteiger partial charge >= 0.3 is 0 Å². The highest BCUT2D eigenvalue weighted by Gasteiger charge is 2.05. The largest absolute Gasteiger partial charge is 0.330 e. The number of benzene rings is 2. The van der Waals surface area contributed by atoms with E-state index in [4.69, 9.17) is 5.73 Å². The molecule has 0 aromatic heterocycles. The van der Waals surface area contributed by atoms with Crippen LogP contribution in [0.4, 0.5) is 0 Å². The van der Waals surface area contributed by atoms with E-state index < -0.39 is 0 Å². The van der Waals surface area contributed by atoms with Crippen molar-refractivity contribution >= 4 is 27.7 Å². The van der Waals surface area contributed by atoms with Crippen molar-refractivity contribution in [2.75, 3.05) is 6.54 Å². The van der Waals surface area contributed by atoms with Gasteiger partial charge in [-0.15, -0.1) is 0 Å². The second-order valence-electron chi connectivity index (χ2n) is 4.17. The SMILES string of the molecule is Cc1cc(CCN)ccc1Sc1ccccc1Br. The molecule has 2 aromatic rings. The zero-order valence-electron chi connectivity index (χ0n) is 10.3. The van der Waals surface area contributed by atoms with Crippen LogP contribution < -0.4 is 5.73 Å². The van der Waals surface area contributed by atoms with E-state index in [1.807, 2.05) is 6.07 Å². The lowest BCUT2D eigenvalue weighted by molar-refractivity contribution is 0.963. The van der Waals surface area contributed by atoms with Crippen molar-refractivity contribution in [2.24, 2.45) is 5.73 Å². The molecule has 0 fully saturated rings. The van der Waals surface area contributed by atoms with Gasteiger partial charge in [0.15, 0.2) is 0 Å². The van der Waals surface area contributed by atoms with Crippen molar-refractivity contribution in [1.29, 1.82) is 0 Å². The molecule has 2 N–H and O–H groups in total. The molecule has 1 nitrogen and oxygen atoms in total. The van der Waals surface area contributed by atoms with E-state index in [0.717, 1.165) is 10.9 Å². The molecule has 0 unspecified atom stereocenters. The molecule has 2 aromatic carbocycles. The molecule has 0 atom stereocenters. The normalized spacial score (nSPS) is 10.6. The van der Waals surface area contributed by atoms with Crippen LogP contribution in [0.25, 0.3) is 0 Å². The van der Waals surface area contributed by atoms with Gasteiger partial charge in [-0.3, -0.25) is 0 Å². The Morgan fingerprint density at radius 1 is 1.11 bits per heavy atom. The number of rotatable bonds is 4. The van der Waals surface area contributed by atoms with Crippen LogP contribution in [0.2, 0.25) is 0 Å². The summed E-state index contributed by atoms with van der Waals surface area (Å²) in [4.78, 5) is 2.54. The van der Waals surface area contributed by atoms with E-state index in [2.05, 4.69) is 59.3 Å². The lowest BCUT2D eigenvalue weighted by Gasteiger charge is -2.09. The van der Waals surface area contributed by atoms with Crippen LogP contribution >= 0.6 is 27.7 Å². The topological polar surface area (TPSA) is 26.0 Å². The van der Waals surface area contributed by atoms with Crippen LogP contribution in [-0.4, -0.2) is 6.54 Å². The van der Waals surface area contributed by atoms with Crippen molar-refractivity contribution in [1.82, 2.24) is 0 Å². The van der Waals surface area contributed by atoms with Gasteiger partial charge in [-0.2, -0.15) is 0 Å². The molecule has 0 radical (unpaired) electrons. The molecule has 0 saturated carbocycles.